The van der Waals surface area contributed by atoms with E-state index in [0.29, 0.717) is 16.2 Å². The molecule has 0 aliphatic carbocycles. The monoisotopic (exact) mass is 371 g/mol. The van der Waals surface area contributed by atoms with Crippen LogP contribution in [0.25, 0.3) is 10.2 Å². The number of para-hydroxylation sites is 1. The molecule has 7 heteroatoms. The van der Waals surface area contributed by atoms with Gasteiger partial charge in [0, 0.05) is 12.3 Å². The van der Waals surface area contributed by atoms with Crippen LogP contribution in [0.15, 0.2) is 60.9 Å². The van der Waals surface area contributed by atoms with Crippen LogP contribution >= 0.6 is 11.3 Å². The zero-order valence-electron chi connectivity index (χ0n) is 13.4. The van der Waals surface area contributed by atoms with Gasteiger partial charge in [0.05, 0.1) is 23.1 Å². The molecule has 2 heterocycles. The number of halogens is 3. The Morgan fingerprint density at radius 1 is 0.962 bits per heavy atom. The standard InChI is InChI=1S/C19H12F3N3S/c20-13-7-12(8-14(21)9-13)11-25(17-4-2-1-3-15(17)22)19-24-16-10-23-6-5-18(16)26-19/h1-10H,11H2. The molecular weight excluding hydrogens is 359 g/mol. The Kier molecular flexibility index (Phi) is 4.30. The van der Waals surface area contributed by atoms with E-state index in [1.54, 1.807) is 35.5 Å². The van der Waals surface area contributed by atoms with Crippen molar-refractivity contribution in [3.8, 4) is 0 Å². The second-order valence-corrected chi connectivity index (χ2v) is 6.66. The summed E-state index contributed by atoms with van der Waals surface area (Å²) < 4.78 is 42.5. The van der Waals surface area contributed by atoms with Crippen molar-refractivity contribution in [2.75, 3.05) is 4.90 Å². The molecule has 0 unspecified atom stereocenters. The van der Waals surface area contributed by atoms with E-state index >= 15 is 0 Å². The highest BCUT2D eigenvalue weighted by Gasteiger charge is 2.19. The highest BCUT2D eigenvalue weighted by atomic mass is 32.1. The van der Waals surface area contributed by atoms with Crippen molar-refractivity contribution < 1.29 is 13.2 Å². The van der Waals surface area contributed by atoms with Crippen molar-refractivity contribution in [3.63, 3.8) is 0 Å². The second-order valence-electron chi connectivity index (χ2n) is 5.66. The molecule has 0 aliphatic rings. The van der Waals surface area contributed by atoms with Crippen LogP contribution in [-0.2, 0) is 6.54 Å². The minimum Gasteiger partial charge on any atom is -0.311 e. The maximum Gasteiger partial charge on any atom is 0.191 e. The van der Waals surface area contributed by atoms with E-state index < -0.39 is 17.5 Å². The molecule has 0 fully saturated rings. The van der Waals surface area contributed by atoms with Crippen molar-refractivity contribution in [3.05, 3.63) is 83.9 Å². The average molecular weight is 371 g/mol. The predicted molar refractivity (Wildman–Crippen MR) is 96.0 cm³/mol. The fourth-order valence-corrected chi connectivity index (χ4v) is 3.64. The van der Waals surface area contributed by atoms with Gasteiger partial charge in [-0.15, -0.1) is 0 Å². The number of rotatable bonds is 4. The lowest BCUT2D eigenvalue weighted by Crippen LogP contribution is -2.17. The largest absolute Gasteiger partial charge is 0.311 e. The molecule has 0 atom stereocenters. The molecule has 3 nitrogen and oxygen atoms in total. The summed E-state index contributed by atoms with van der Waals surface area (Å²) in [5.74, 6) is -1.80. The molecule has 0 radical (unpaired) electrons. The first-order chi connectivity index (χ1) is 12.6. The zero-order chi connectivity index (χ0) is 18.1. The van der Waals surface area contributed by atoms with Crippen molar-refractivity contribution in [2.45, 2.75) is 6.54 Å². The third kappa shape index (κ3) is 3.25. The van der Waals surface area contributed by atoms with E-state index in [0.717, 1.165) is 10.8 Å². The van der Waals surface area contributed by atoms with Gasteiger partial charge in [0.25, 0.3) is 0 Å². The summed E-state index contributed by atoms with van der Waals surface area (Å²) in [5.41, 5.74) is 1.34. The third-order valence-corrected chi connectivity index (χ3v) is 4.88. The van der Waals surface area contributed by atoms with Crippen LogP contribution in [-0.4, -0.2) is 9.97 Å². The summed E-state index contributed by atoms with van der Waals surface area (Å²) in [6.07, 6.45) is 3.27. The Morgan fingerprint density at radius 2 is 1.73 bits per heavy atom. The van der Waals surface area contributed by atoms with Crippen LogP contribution in [0.5, 0.6) is 0 Å². The number of hydrogen-bond acceptors (Lipinski definition) is 4. The maximum absolute atomic E-state index is 14.4. The van der Waals surface area contributed by atoms with Gasteiger partial charge in [0.1, 0.15) is 23.0 Å². The van der Waals surface area contributed by atoms with Crippen LogP contribution < -0.4 is 4.90 Å². The van der Waals surface area contributed by atoms with Crippen LogP contribution in [0.4, 0.5) is 24.0 Å². The SMILES string of the molecule is Fc1cc(F)cc(CN(c2nc3cnccc3s2)c2ccccc2F)c1. The Bertz CT molecular complexity index is 1030. The van der Waals surface area contributed by atoms with E-state index in [1.165, 1.54) is 29.5 Å². The molecule has 0 saturated carbocycles. The summed E-state index contributed by atoms with van der Waals surface area (Å²) in [6, 6.07) is 11.3. The minimum atomic E-state index is -0.679. The predicted octanol–water partition coefficient (Wildman–Crippen LogP) is 5.45. The Labute approximate surface area is 151 Å². The lowest BCUT2D eigenvalue weighted by molar-refractivity contribution is 0.579. The topological polar surface area (TPSA) is 29.0 Å². The quantitative estimate of drug-likeness (QED) is 0.478. The maximum atomic E-state index is 14.4. The number of anilines is 2. The molecule has 130 valence electrons. The molecule has 0 aliphatic heterocycles. The fourth-order valence-electron chi connectivity index (χ4n) is 2.69. The van der Waals surface area contributed by atoms with Crippen LogP contribution in [0.3, 0.4) is 0 Å². The van der Waals surface area contributed by atoms with E-state index in [9.17, 15) is 13.2 Å². The van der Waals surface area contributed by atoms with E-state index in [4.69, 9.17) is 0 Å². The molecule has 4 rings (SSSR count). The minimum absolute atomic E-state index is 0.0723. The lowest BCUT2D eigenvalue weighted by atomic mass is 10.2. The summed E-state index contributed by atoms with van der Waals surface area (Å²) in [4.78, 5) is 10.1. The molecule has 2 aromatic carbocycles. The Balaban J connectivity index is 1.82. The van der Waals surface area contributed by atoms with Gasteiger partial charge < -0.3 is 4.90 Å². The van der Waals surface area contributed by atoms with Gasteiger partial charge in [0.2, 0.25) is 0 Å². The van der Waals surface area contributed by atoms with Gasteiger partial charge in [-0.1, -0.05) is 23.5 Å². The summed E-state index contributed by atoms with van der Waals surface area (Å²) in [7, 11) is 0. The number of thiazole rings is 1. The second kappa shape index (κ2) is 6.76. The van der Waals surface area contributed by atoms with Crippen molar-refractivity contribution in [1.82, 2.24) is 9.97 Å². The first-order valence-corrected chi connectivity index (χ1v) is 8.59. The van der Waals surface area contributed by atoms with Gasteiger partial charge >= 0.3 is 0 Å². The smallest absolute Gasteiger partial charge is 0.191 e. The van der Waals surface area contributed by atoms with Crippen LogP contribution in [0, 0.1) is 17.5 Å². The first-order valence-electron chi connectivity index (χ1n) is 7.78. The van der Waals surface area contributed by atoms with E-state index in [1.807, 2.05) is 6.07 Å². The van der Waals surface area contributed by atoms with Gasteiger partial charge in [-0.2, -0.15) is 0 Å². The van der Waals surface area contributed by atoms with Gasteiger partial charge in [-0.05, 0) is 35.9 Å². The van der Waals surface area contributed by atoms with Gasteiger partial charge in [-0.3, -0.25) is 4.98 Å². The average Bonchev–Trinajstić information content (AvgIpc) is 3.03. The molecular formula is C19H12F3N3S. The fraction of sp³-hybridized carbons (Fsp3) is 0.0526. The number of pyridine rings is 1. The third-order valence-electron chi connectivity index (χ3n) is 3.82. The molecule has 0 bridgehead atoms. The summed E-state index contributed by atoms with van der Waals surface area (Å²) in [5, 5.41) is 0.516. The molecule has 2 aromatic heterocycles. The normalized spacial score (nSPS) is 11.0. The highest BCUT2D eigenvalue weighted by molar-refractivity contribution is 7.22. The Morgan fingerprint density at radius 3 is 2.46 bits per heavy atom. The number of benzene rings is 2. The highest BCUT2D eigenvalue weighted by Crippen LogP contribution is 2.35. The zero-order valence-corrected chi connectivity index (χ0v) is 14.2. The van der Waals surface area contributed by atoms with Crippen LogP contribution in [0.2, 0.25) is 0 Å². The number of nitrogens with zero attached hydrogens (tertiary/aromatic N) is 3. The number of hydrogen-bond donors (Lipinski definition) is 0. The lowest BCUT2D eigenvalue weighted by Gasteiger charge is -2.22. The van der Waals surface area contributed by atoms with E-state index in [2.05, 4.69) is 9.97 Å². The van der Waals surface area contributed by atoms with Crippen molar-refractivity contribution >= 4 is 32.4 Å². The molecule has 0 saturated heterocycles. The van der Waals surface area contributed by atoms with Crippen molar-refractivity contribution in [1.29, 1.82) is 0 Å². The summed E-state index contributed by atoms with van der Waals surface area (Å²) >= 11 is 1.36. The molecule has 0 spiro atoms. The molecule has 0 amide bonds. The number of aromatic nitrogens is 2. The van der Waals surface area contributed by atoms with Crippen molar-refractivity contribution in [2.24, 2.45) is 0 Å². The molecule has 0 N–H and O–H groups in total. The molecule has 26 heavy (non-hydrogen) atoms. The van der Waals surface area contributed by atoms with Crippen LogP contribution in [0.1, 0.15) is 5.56 Å². The van der Waals surface area contributed by atoms with Gasteiger partial charge in [0.15, 0.2) is 5.13 Å². The molecule has 4 aromatic rings. The number of fused-ring (bicyclic) bond motifs is 1. The first kappa shape index (κ1) is 16.5. The van der Waals surface area contributed by atoms with E-state index in [-0.39, 0.29) is 12.2 Å². The van der Waals surface area contributed by atoms with Gasteiger partial charge in [-0.25, -0.2) is 18.2 Å². The summed E-state index contributed by atoms with van der Waals surface area (Å²) in [6.45, 7) is 0.0723. The Hall–Kier alpha value is -2.93.